The Hall–Kier alpha value is -3.03. The van der Waals surface area contributed by atoms with Crippen LogP contribution >= 0.6 is 0 Å². The van der Waals surface area contributed by atoms with E-state index in [1.54, 1.807) is 35.3 Å². The molecule has 1 N–H and O–H groups in total. The van der Waals surface area contributed by atoms with Crippen molar-refractivity contribution in [3.05, 3.63) is 78.0 Å². The third kappa shape index (κ3) is 3.90. The molecule has 1 atom stereocenters. The number of hydrogen-bond acceptors (Lipinski definition) is 3. The van der Waals surface area contributed by atoms with Gasteiger partial charge in [-0.2, -0.15) is 18.3 Å². The van der Waals surface area contributed by atoms with Crippen LogP contribution in [0.2, 0.25) is 0 Å². The van der Waals surface area contributed by atoms with Gasteiger partial charge in [-0.1, -0.05) is 0 Å². The summed E-state index contributed by atoms with van der Waals surface area (Å²) < 4.78 is 44.7. The number of furan rings is 1. The largest absolute Gasteiger partial charge is 0.467 e. The van der Waals surface area contributed by atoms with Gasteiger partial charge in [0.2, 0.25) is 0 Å². The zero-order valence-electron chi connectivity index (χ0n) is 12.9. The van der Waals surface area contributed by atoms with Gasteiger partial charge < -0.3 is 9.73 Å². The number of alkyl halides is 3. The predicted molar refractivity (Wildman–Crippen MR) is 82.9 cm³/mol. The molecule has 1 amide bonds. The first-order chi connectivity index (χ1) is 11.9. The van der Waals surface area contributed by atoms with Crippen LogP contribution in [0.4, 0.5) is 13.2 Å². The van der Waals surface area contributed by atoms with Crippen molar-refractivity contribution in [1.82, 2.24) is 15.1 Å². The normalized spacial score (nSPS) is 12.8. The Kier molecular flexibility index (Phi) is 4.60. The third-order valence-corrected chi connectivity index (χ3v) is 3.65. The first-order valence-corrected chi connectivity index (χ1v) is 7.43. The highest BCUT2D eigenvalue weighted by Crippen LogP contribution is 2.29. The van der Waals surface area contributed by atoms with Crippen molar-refractivity contribution in [2.75, 3.05) is 6.54 Å². The molecule has 0 aliphatic heterocycles. The van der Waals surface area contributed by atoms with Crippen LogP contribution in [0.25, 0.3) is 0 Å². The first-order valence-electron chi connectivity index (χ1n) is 7.43. The number of amides is 1. The summed E-state index contributed by atoms with van der Waals surface area (Å²) in [5, 5.41) is 6.84. The molecule has 2 aromatic heterocycles. The van der Waals surface area contributed by atoms with Gasteiger partial charge in [0.15, 0.2) is 0 Å². The molecule has 3 rings (SSSR count). The molecular formula is C17H14F3N3O2. The Bertz CT molecular complexity index is 776. The summed E-state index contributed by atoms with van der Waals surface area (Å²) in [5.74, 6) is 0.133. The highest BCUT2D eigenvalue weighted by atomic mass is 19.4. The average molecular weight is 349 g/mol. The van der Waals surface area contributed by atoms with Gasteiger partial charge >= 0.3 is 6.18 Å². The van der Waals surface area contributed by atoms with E-state index in [0.717, 1.165) is 24.3 Å². The van der Waals surface area contributed by atoms with Crippen molar-refractivity contribution in [2.45, 2.75) is 12.2 Å². The van der Waals surface area contributed by atoms with Gasteiger partial charge in [0.05, 0.1) is 11.8 Å². The minimum Gasteiger partial charge on any atom is -0.467 e. The molecule has 0 aliphatic rings. The number of nitrogens with one attached hydrogen (secondary N) is 1. The fourth-order valence-corrected chi connectivity index (χ4v) is 2.37. The molecule has 8 heteroatoms. The predicted octanol–water partition coefficient (Wildman–Crippen LogP) is 3.51. The highest BCUT2D eigenvalue weighted by molar-refractivity contribution is 5.94. The molecule has 2 heterocycles. The number of carbonyl (C=O) groups is 1. The number of nitrogens with zero attached hydrogens (tertiary/aromatic N) is 2. The van der Waals surface area contributed by atoms with Gasteiger partial charge in [-0.15, -0.1) is 0 Å². The molecule has 25 heavy (non-hydrogen) atoms. The van der Waals surface area contributed by atoms with Crippen molar-refractivity contribution in [3.63, 3.8) is 0 Å². The third-order valence-electron chi connectivity index (χ3n) is 3.65. The Morgan fingerprint density at radius 1 is 1.20 bits per heavy atom. The molecule has 0 spiro atoms. The Morgan fingerprint density at radius 2 is 1.96 bits per heavy atom. The van der Waals surface area contributed by atoms with Crippen LogP contribution in [0, 0.1) is 0 Å². The summed E-state index contributed by atoms with van der Waals surface area (Å²) in [4.78, 5) is 12.2. The van der Waals surface area contributed by atoms with Crippen LogP contribution < -0.4 is 5.32 Å². The van der Waals surface area contributed by atoms with Crippen molar-refractivity contribution >= 4 is 5.91 Å². The summed E-state index contributed by atoms with van der Waals surface area (Å²) in [5.41, 5.74) is -0.652. The number of rotatable bonds is 5. The smallest absolute Gasteiger partial charge is 0.416 e. The van der Waals surface area contributed by atoms with Crippen LogP contribution in [0.1, 0.15) is 27.7 Å². The molecule has 130 valence electrons. The Morgan fingerprint density at radius 3 is 2.52 bits per heavy atom. The van der Waals surface area contributed by atoms with E-state index in [1.165, 1.54) is 6.26 Å². The summed E-state index contributed by atoms with van der Waals surface area (Å²) in [6.07, 6.45) is 0.425. The molecule has 0 fully saturated rings. The van der Waals surface area contributed by atoms with Gasteiger partial charge in [0.1, 0.15) is 11.8 Å². The maximum Gasteiger partial charge on any atom is 0.416 e. The van der Waals surface area contributed by atoms with Crippen molar-refractivity contribution < 1.29 is 22.4 Å². The number of aromatic nitrogens is 2. The number of benzene rings is 1. The lowest BCUT2D eigenvalue weighted by molar-refractivity contribution is -0.137. The maximum atomic E-state index is 12.6. The van der Waals surface area contributed by atoms with E-state index in [9.17, 15) is 18.0 Å². The van der Waals surface area contributed by atoms with E-state index >= 15 is 0 Å². The molecule has 0 aliphatic carbocycles. The fourth-order valence-electron chi connectivity index (χ4n) is 2.37. The van der Waals surface area contributed by atoms with Gasteiger partial charge in [-0.05, 0) is 42.5 Å². The maximum absolute atomic E-state index is 12.6. The standard InChI is InChI=1S/C17H14F3N3O2/c18-17(19,20)13-6-4-12(5-7-13)16(24)21-11-14(15-3-1-10-25-15)23-9-2-8-22-23/h1-10,14H,11H2,(H,21,24). The SMILES string of the molecule is O=C(NCC(c1ccco1)n1cccn1)c1ccc(C(F)(F)F)cc1. The van der Waals surface area contributed by atoms with Crippen molar-refractivity contribution in [2.24, 2.45) is 0 Å². The number of halogens is 3. The number of hydrogen-bond donors (Lipinski definition) is 1. The van der Waals surface area contributed by atoms with Gasteiger partial charge in [-0.3, -0.25) is 9.48 Å². The van der Waals surface area contributed by atoms with Gasteiger partial charge in [0.25, 0.3) is 5.91 Å². The molecule has 1 aromatic carbocycles. The van der Waals surface area contributed by atoms with Gasteiger partial charge in [0, 0.05) is 24.5 Å². The van der Waals surface area contributed by atoms with Crippen LogP contribution in [0.15, 0.2) is 65.5 Å². The molecule has 5 nitrogen and oxygen atoms in total. The fraction of sp³-hybridized carbons (Fsp3) is 0.176. The summed E-state index contributed by atoms with van der Waals surface area (Å²) in [7, 11) is 0. The molecule has 0 bridgehead atoms. The number of carbonyl (C=O) groups excluding carboxylic acids is 1. The second-order valence-electron chi connectivity index (χ2n) is 5.30. The topological polar surface area (TPSA) is 60.1 Å². The average Bonchev–Trinajstić information content (AvgIpc) is 3.28. The Balaban J connectivity index is 1.70. The van der Waals surface area contributed by atoms with Crippen LogP contribution in [0.3, 0.4) is 0 Å². The lowest BCUT2D eigenvalue weighted by atomic mass is 10.1. The van der Waals surface area contributed by atoms with Crippen molar-refractivity contribution in [3.8, 4) is 0 Å². The van der Waals surface area contributed by atoms with E-state index in [1.807, 2.05) is 0 Å². The van der Waals surface area contributed by atoms with E-state index in [2.05, 4.69) is 10.4 Å². The highest BCUT2D eigenvalue weighted by Gasteiger charge is 2.30. The van der Waals surface area contributed by atoms with Crippen molar-refractivity contribution in [1.29, 1.82) is 0 Å². The quantitative estimate of drug-likeness (QED) is 0.767. The molecule has 0 radical (unpaired) electrons. The minimum absolute atomic E-state index is 0.145. The lowest BCUT2D eigenvalue weighted by Crippen LogP contribution is -2.31. The Labute approximate surface area is 141 Å². The first kappa shape index (κ1) is 16.8. The summed E-state index contributed by atoms with van der Waals surface area (Å²) >= 11 is 0. The van der Waals surface area contributed by atoms with Crippen LogP contribution in [-0.2, 0) is 6.18 Å². The monoisotopic (exact) mass is 349 g/mol. The zero-order chi connectivity index (χ0) is 17.9. The van der Waals surface area contributed by atoms with Gasteiger partial charge in [-0.25, -0.2) is 0 Å². The summed E-state index contributed by atoms with van der Waals surface area (Å²) in [6, 6.07) is 8.93. The second-order valence-corrected chi connectivity index (χ2v) is 5.30. The molecular weight excluding hydrogens is 335 g/mol. The van der Waals surface area contributed by atoms with E-state index in [-0.39, 0.29) is 18.2 Å². The molecule has 0 saturated carbocycles. The molecule has 0 saturated heterocycles. The summed E-state index contributed by atoms with van der Waals surface area (Å²) in [6.45, 7) is 0.176. The van der Waals surface area contributed by atoms with Crippen LogP contribution in [-0.4, -0.2) is 22.2 Å². The minimum atomic E-state index is -4.43. The van der Waals surface area contributed by atoms with E-state index < -0.39 is 17.6 Å². The van der Waals surface area contributed by atoms with E-state index in [0.29, 0.717) is 5.76 Å². The second kappa shape index (κ2) is 6.84. The van der Waals surface area contributed by atoms with Crippen LogP contribution in [0.5, 0.6) is 0 Å². The zero-order valence-corrected chi connectivity index (χ0v) is 12.9. The molecule has 3 aromatic rings. The molecule has 1 unspecified atom stereocenters. The lowest BCUT2D eigenvalue weighted by Gasteiger charge is -2.16. The van der Waals surface area contributed by atoms with E-state index in [4.69, 9.17) is 4.42 Å².